The summed E-state index contributed by atoms with van der Waals surface area (Å²) in [6.45, 7) is 1.50. The van der Waals surface area contributed by atoms with Gasteiger partial charge in [0.15, 0.2) is 0 Å². The minimum atomic E-state index is -4.64. The smallest absolute Gasteiger partial charge is 0.348 e. The van der Waals surface area contributed by atoms with E-state index in [2.05, 4.69) is 0 Å². The van der Waals surface area contributed by atoms with Gasteiger partial charge in [-0.15, -0.1) is 0 Å². The van der Waals surface area contributed by atoms with Crippen molar-refractivity contribution >= 4 is 5.91 Å². The molecule has 0 saturated heterocycles. The second-order valence-electron chi connectivity index (χ2n) is 4.32. The van der Waals surface area contributed by atoms with E-state index in [1.807, 2.05) is 35.6 Å². The molecule has 1 amide bonds. The number of carbonyl (C=O) groups excluding carboxylic acids is 1. The molecule has 106 valence electrons. The summed E-state index contributed by atoms with van der Waals surface area (Å²) in [5, 5.41) is 1.90. The van der Waals surface area contributed by atoms with E-state index in [1.165, 1.54) is 6.92 Å². The van der Waals surface area contributed by atoms with Gasteiger partial charge in [0.05, 0.1) is 0 Å². The highest BCUT2D eigenvalue weighted by Gasteiger charge is 2.49. The summed E-state index contributed by atoms with van der Waals surface area (Å²) in [4.78, 5) is 11.0. The van der Waals surface area contributed by atoms with Crippen LogP contribution < -0.4 is 5.32 Å². The molecule has 0 radical (unpaired) electrons. The summed E-state index contributed by atoms with van der Waals surface area (Å²) in [7, 11) is 0. The summed E-state index contributed by atoms with van der Waals surface area (Å²) in [5.41, 5.74) is 0.990. The Balaban J connectivity index is 2.43. The minimum Gasteiger partial charge on any atom is -0.348 e. The van der Waals surface area contributed by atoms with Crippen LogP contribution in [-0.4, -0.2) is 24.3 Å². The number of amides is 1. The van der Waals surface area contributed by atoms with E-state index in [1.54, 1.807) is 0 Å². The molecule has 0 saturated carbocycles. The first-order valence-corrected chi connectivity index (χ1v) is 5.85. The van der Waals surface area contributed by atoms with Crippen LogP contribution in [0.2, 0.25) is 0 Å². The van der Waals surface area contributed by atoms with E-state index in [9.17, 15) is 22.4 Å². The van der Waals surface area contributed by atoms with Crippen molar-refractivity contribution in [3.63, 3.8) is 0 Å². The number of rotatable bonds is 6. The van der Waals surface area contributed by atoms with Crippen molar-refractivity contribution in [1.29, 1.82) is 0 Å². The van der Waals surface area contributed by atoms with E-state index in [-0.39, 0.29) is 0 Å². The van der Waals surface area contributed by atoms with Gasteiger partial charge >= 0.3 is 12.3 Å². The van der Waals surface area contributed by atoms with Crippen LogP contribution in [0.5, 0.6) is 0 Å². The normalized spacial score (nSPS) is 13.4. The molecule has 1 rings (SSSR count). The van der Waals surface area contributed by atoms with Crippen LogP contribution in [0.3, 0.4) is 0 Å². The van der Waals surface area contributed by atoms with Crippen molar-refractivity contribution < 1.29 is 22.4 Å². The number of hydrogen-bond donors (Lipinski definition) is 1. The molecule has 1 unspecified atom stereocenters. The van der Waals surface area contributed by atoms with Gasteiger partial charge in [-0.3, -0.25) is 4.79 Å². The molecule has 0 fully saturated rings. The van der Waals surface area contributed by atoms with Crippen molar-refractivity contribution in [1.82, 2.24) is 5.32 Å². The van der Waals surface area contributed by atoms with Crippen LogP contribution >= 0.6 is 0 Å². The predicted octanol–water partition coefficient (Wildman–Crippen LogP) is 3.02. The standard InChI is InChI=1S/C13H15F4NO/c1-9(7-8-10-5-3-2-4-6-10)18-12(19)13(16,17)11(14)15/h2-6,9,11H,7-8H2,1H3,(H,18,19). The molecule has 19 heavy (non-hydrogen) atoms. The van der Waals surface area contributed by atoms with Crippen LogP contribution in [0, 0.1) is 0 Å². The van der Waals surface area contributed by atoms with Crippen LogP contribution in [-0.2, 0) is 11.2 Å². The highest BCUT2D eigenvalue weighted by molar-refractivity contribution is 5.84. The summed E-state index contributed by atoms with van der Waals surface area (Å²) >= 11 is 0. The van der Waals surface area contributed by atoms with Gasteiger partial charge in [-0.1, -0.05) is 30.3 Å². The predicted molar refractivity (Wildman–Crippen MR) is 63.3 cm³/mol. The zero-order chi connectivity index (χ0) is 14.5. The van der Waals surface area contributed by atoms with Crippen LogP contribution in [0.25, 0.3) is 0 Å². The van der Waals surface area contributed by atoms with Gasteiger partial charge in [0, 0.05) is 6.04 Å². The first-order chi connectivity index (χ1) is 8.84. The van der Waals surface area contributed by atoms with Gasteiger partial charge in [0.2, 0.25) is 0 Å². The van der Waals surface area contributed by atoms with Crippen molar-refractivity contribution in [2.24, 2.45) is 0 Å². The van der Waals surface area contributed by atoms with Gasteiger partial charge in [-0.2, -0.15) is 8.78 Å². The Morgan fingerprint density at radius 2 is 1.84 bits per heavy atom. The first kappa shape index (κ1) is 15.5. The van der Waals surface area contributed by atoms with E-state index >= 15 is 0 Å². The fraction of sp³-hybridized carbons (Fsp3) is 0.462. The third kappa shape index (κ3) is 4.54. The molecule has 0 heterocycles. The van der Waals surface area contributed by atoms with Gasteiger partial charge in [-0.05, 0) is 25.3 Å². The third-order valence-corrected chi connectivity index (χ3v) is 2.66. The monoisotopic (exact) mass is 277 g/mol. The number of halogens is 4. The Morgan fingerprint density at radius 1 is 1.26 bits per heavy atom. The van der Waals surface area contributed by atoms with Crippen LogP contribution in [0.15, 0.2) is 30.3 Å². The minimum absolute atomic E-state index is 0.398. The molecule has 0 aliphatic heterocycles. The van der Waals surface area contributed by atoms with Gasteiger partial charge in [-0.25, -0.2) is 8.78 Å². The summed E-state index contributed by atoms with van der Waals surface area (Å²) in [6, 6.07) is 8.65. The molecule has 0 spiro atoms. The summed E-state index contributed by atoms with van der Waals surface area (Å²) in [5.74, 6) is -6.57. The van der Waals surface area contributed by atoms with E-state index in [0.717, 1.165) is 5.56 Å². The number of hydrogen-bond acceptors (Lipinski definition) is 1. The van der Waals surface area contributed by atoms with E-state index < -0.39 is 24.3 Å². The average Bonchev–Trinajstić information content (AvgIpc) is 2.37. The third-order valence-electron chi connectivity index (χ3n) is 2.66. The quantitative estimate of drug-likeness (QED) is 0.796. The zero-order valence-corrected chi connectivity index (χ0v) is 10.4. The number of aryl methyl sites for hydroxylation is 1. The summed E-state index contributed by atoms with van der Waals surface area (Å²) < 4.78 is 49.3. The van der Waals surface area contributed by atoms with E-state index in [0.29, 0.717) is 12.8 Å². The number of benzene rings is 1. The van der Waals surface area contributed by atoms with Gasteiger partial charge in [0.1, 0.15) is 0 Å². The second kappa shape index (κ2) is 6.54. The van der Waals surface area contributed by atoms with Crippen molar-refractivity contribution in [2.45, 2.75) is 38.2 Å². The maximum absolute atomic E-state index is 12.7. The molecule has 0 aliphatic rings. The Labute approximate surface area is 108 Å². The molecule has 6 heteroatoms. The van der Waals surface area contributed by atoms with Gasteiger partial charge < -0.3 is 5.32 Å². The zero-order valence-electron chi connectivity index (χ0n) is 10.4. The SMILES string of the molecule is CC(CCc1ccccc1)NC(=O)C(F)(F)C(F)F. The largest absolute Gasteiger partial charge is 0.383 e. The highest BCUT2D eigenvalue weighted by atomic mass is 19.3. The molecule has 0 bridgehead atoms. The second-order valence-corrected chi connectivity index (χ2v) is 4.32. The summed E-state index contributed by atoms with van der Waals surface area (Å²) in [6.07, 6.45) is -3.02. The molecule has 2 nitrogen and oxygen atoms in total. The van der Waals surface area contributed by atoms with E-state index in [4.69, 9.17) is 0 Å². The fourth-order valence-corrected chi connectivity index (χ4v) is 1.52. The number of alkyl halides is 4. The Kier molecular flexibility index (Phi) is 5.32. The molecule has 0 aliphatic carbocycles. The Morgan fingerprint density at radius 3 is 2.37 bits per heavy atom. The lowest BCUT2D eigenvalue weighted by Gasteiger charge is -2.19. The molecular weight excluding hydrogens is 262 g/mol. The lowest BCUT2D eigenvalue weighted by atomic mass is 10.1. The van der Waals surface area contributed by atoms with Crippen molar-refractivity contribution in [2.75, 3.05) is 0 Å². The molecular formula is C13H15F4NO. The lowest BCUT2D eigenvalue weighted by Crippen LogP contribution is -2.48. The Hall–Kier alpha value is -1.59. The maximum atomic E-state index is 12.7. The maximum Gasteiger partial charge on any atom is 0.383 e. The first-order valence-electron chi connectivity index (χ1n) is 5.85. The molecule has 1 atom stereocenters. The number of carbonyl (C=O) groups is 1. The highest BCUT2D eigenvalue weighted by Crippen LogP contribution is 2.23. The molecule has 1 N–H and O–H groups in total. The van der Waals surface area contributed by atoms with Crippen molar-refractivity contribution in [3.8, 4) is 0 Å². The van der Waals surface area contributed by atoms with Gasteiger partial charge in [0.25, 0.3) is 5.91 Å². The van der Waals surface area contributed by atoms with Crippen molar-refractivity contribution in [3.05, 3.63) is 35.9 Å². The van der Waals surface area contributed by atoms with Crippen LogP contribution in [0.4, 0.5) is 17.6 Å². The molecule has 0 aromatic heterocycles. The topological polar surface area (TPSA) is 29.1 Å². The molecule has 1 aromatic carbocycles. The fourth-order valence-electron chi connectivity index (χ4n) is 1.52. The number of nitrogens with one attached hydrogen (secondary N) is 1. The Bertz CT molecular complexity index is 408. The average molecular weight is 277 g/mol. The lowest BCUT2D eigenvalue weighted by molar-refractivity contribution is -0.170. The molecule has 1 aromatic rings. The van der Waals surface area contributed by atoms with Crippen LogP contribution in [0.1, 0.15) is 18.9 Å².